The molecule has 0 aliphatic heterocycles. The number of esters is 1. The molecule has 0 aliphatic rings. The number of aryl methyl sites for hydroxylation is 1. The number of benzene rings is 2. The van der Waals surface area contributed by atoms with Gasteiger partial charge in [0.15, 0.2) is 12.4 Å². The summed E-state index contributed by atoms with van der Waals surface area (Å²) in [6.45, 7) is 1.68. The fourth-order valence-corrected chi connectivity index (χ4v) is 2.29. The molecule has 1 heterocycles. The van der Waals surface area contributed by atoms with E-state index in [1.165, 1.54) is 0 Å². The molecule has 1 aromatic heterocycles. The summed E-state index contributed by atoms with van der Waals surface area (Å²) in [6.07, 6.45) is 0.672. The molecular weight excluding hydrogens is 292 g/mol. The van der Waals surface area contributed by atoms with Crippen molar-refractivity contribution in [3.63, 3.8) is 0 Å². The molecule has 2 aromatic carbocycles. The third kappa shape index (κ3) is 3.83. The molecule has 0 fully saturated rings. The Labute approximate surface area is 133 Å². The molecule has 0 saturated carbocycles. The zero-order valence-electron chi connectivity index (χ0n) is 12.7. The lowest BCUT2D eigenvalue weighted by Crippen LogP contribution is -2.09. The van der Waals surface area contributed by atoms with Crippen molar-refractivity contribution in [2.75, 3.05) is 0 Å². The molecule has 0 N–H and O–H groups in total. The normalized spacial score (nSPS) is 10.5. The second kappa shape index (κ2) is 6.87. The van der Waals surface area contributed by atoms with E-state index in [1.807, 2.05) is 48.5 Å². The van der Waals surface area contributed by atoms with Gasteiger partial charge in [0, 0.05) is 0 Å². The highest BCUT2D eigenvalue weighted by Gasteiger charge is 2.14. The monoisotopic (exact) mass is 308 g/mol. The lowest BCUT2D eigenvalue weighted by Gasteiger charge is -2.08. The first-order valence-corrected chi connectivity index (χ1v) is 7.30. The second-order valence-electron chi connectivity index (χ2n) is 5.13. The maximum Gasteiger partial charge on any atom is 0.338 e. The summed E-state index contributed by atoms with van der Waals surface area (Å²) in [5.74, 6) is 0.407. The summed E-state index contributed by atoms with van der Waals surface area (Å²) in [4.78, 5) is 16.3. The number of nitrogens with zero attached hydrogens (tertiary/aromatic N) is 2. The summed E-state index contributed by atoms with van der Waals surface area (Å²) in [5.41, 5.74) is 2.61. The lowest BCUT2D eigenvalue weighted by molar-refractivity contribution is 0.0428. The zero-order valence-corrected chi connectivity index (χ0v) is 12.7. The van der Waals surface area contributed by atoms with E-state index in [1.54, 1.807) is 13.0 Å². The highest BCUT2D eigenvalue weighted by atomic mass is 16.6. The van der Waals surface area contributed by atoms with Gasteiger partial charge >= 0.3 is 5.97 Å². The highest BCUT2D eigenvalue weighted by Crippen LogP contribution is 2.16. The molecule has 0 atom stereocenters. The van der Waals surface area contributed by atoms with Gasteiger partial charge in [0.2, 0.25) is 0 Å². The fraction of sp³-hybridized carbons (Fsp3) is 0.167. The van der Waals surface area contributed by atoms with Gasteiger partial charge in [-0.05, 0) is 30.5 Å². The van der Waals surface area contributed by atoms with Gasteiger partial charge in [0.25, 0.3) is 5.89 Å². The van der Waals surface area contributed by atoms with E-state index in [0.717, 1.165) is 11.1 Å². The number of carbonyl (C=O) groups excluding carboxylic acids is 1. The number of ether oxygens (including phenoxy) is 1. The molecule has 0 bridgehead atoms. The molecule has 5 nitrogen and oxygen atoms in total. The number of hydrogen-bond donors (Lipinski definition) is 0. The standard InChI is InChI=1S/C18H16N2O3/c1-13-19-17(23-20-13)12-22-18(21)16-10-6-5-9-15(16)11-14-7-3-2-4-8-14/h2-10H,11-12H2,1H3. The molecule has 0 amide bonds. The topological polar surface area (TPSA) is 65.2 Å². The molecule has 0 saturated heterocycles. The van der Waals surface area contributed by atoms with E-state index >= 15 is 0 Å². The number of rotatable bonds is 5. The van der Waals surface area contributed by atoms with Crippen LogP contribution in [0.3, 0.4) is 0 Å². The Morgan fingerprint density at radius 3 is 2.57 bits per heavy atom. The summed E-state index contributed by atoms with van der Waals surface area (Å²) < 4.78 is 10.2. The smallest absolute Gasteiger partial charge is 0.338 e. The Bertz CT molecular complexity index is 797. The van der Waals surface area contributed by atoms with Gasteiger partial charge in [-0.3, -0.25) is 0 Å². The van der Waals surface area contributed by atoms with Crippen molar-refractivity contribution in [2.45, 2.75) is 20.0 Å². The Kier molecular flexibility index (Phi) is 4.47. The maximum atomic E-state index is 12.3. The van der Waals surface area contributed by atoms with E-state index in [4.69, 9.17) is 9.26 Å². The Morgan fingerprint density at radius 2 is 1.83 bits per heavy atom. The average Bonchev–Trinajstić information content (AvgIpc) is 3.00. The third-order valence-corrected chi connectivity index (χ3v) is 3.37. The summed E-state index contributed by atoms with van der Waals surface area (Å²) in [6, 6.07) is 17.4. The summed E-state index contributed by atoms with van der Waals surface area (Å²) in [7, 11) is 0. The van der Waals surface area contributed by atoms with E-state index < -0.39 is 5.97 Å². The summed E-state index contributed by atoms with van der Waals surface area (Å²) >= 11 is 0. The lowest BCUT2D eigenvalue weighted by atomic mass is 10.00. The maximum absolute atomic E-state index is 12.3. The Balaban J connectivity index is 1.72. The van der Waals surface area contributed by atoms with Gasteiger partial charge in [-0.25, -0.2) is 4.79 Å². The highest BCUT2D eigenvalue weighted by molar-refractivity contribution is 5.91. The number of aromatic nitrogens is 2. The van der Waals surface area contributed by atoms with Crippen LogP contribution < -0.4 is 0 Å². The van der Waals surface area contributed by atoms with Gasteiger partial charge < -0.3 is 9.26 Å². The fourth-order valence-electron chi connectivity index (χ4n) is 2.29. The Hall–Kier alpha value is -2.95. The SMILES string of the molecule is Cc1noc(COC(=O)c2ccccc2Cc2ccccc2)n1. The Morgan fingerprint density at radius 1 is 1.09 bits per heavy atom. The van der Waals surface area contributed by atoms with Gasteiger partial charge in [0.05, 0.1) is 5.56 Å². The molecule has 23 heavy (non-hydrogen) atoms. The number of hydrogen-bond acceptors (Lipinski definition) is 5. The van der Waals surface area contributed by atoms with Crippen molar-refractivity contribution < 1.29 is 14.1 Å². The predicted molar refractivity (Wildman–Crippen MR) is 83.8 cm³/mol. The van der Waals surface area contributed by atoms with Crippen LogP contribution >= 0.6 is 0 Å². The van der Waals surface area contributed by atoms with E-state index in [9.17, 15) is 4.79 Å². The van der Waals surface area contributed by atoms with Crippen molar-refractivity contribution >= 4 is 5.97 Å². The van der Waals surface area contributed by atoms with E-state index in [0.29, 0.717) is 17.8 Å². The minimum absolute atomic E-state index is 0.0284. The van der Waals surface area contributed by atoms with Crippen LogP contribution in [-0.4, -0.2) is 16.1 Å². The van der Waals surface area contributed by atoms with Crippen molar-refractivity contribution in [1.29, 1.82) is 0 Å². The molecule has 0 unspecified atom stereocenters. The van der Waals surface area contributed by atoms with Gasteiger partial charge in [-0.2, -0.15) is 4.98 Å². The van der Waals surface area contributed by atoms with Gasteiger partial charge in [0.1, 0.15) is 0 Å². The van der Waals surface area contributed by atoms with Crippen LogP contribution in [0.1, 0.15) is 33.2 Å². The van der Waals surface area contributed by atoms with Crippen molar-refractivity contribution in [3.05, 3.63) is 83.0 Å². The van der Waals surface area contributed by atoms with E-state index in [2.05, 4.69) is 10.1 Å². The minimum atomic E-state index is -0.396. The largest absolute Gasteiger partial charge is 0.452 e. The number of carbonyl (C=O) groups is 1. The van der Waals surface area contributed by atoms with Gasteiger partial charge in [-0.1, -0.05) is 53.7 Å². The van der Waals surface area contributed by atoms with Crippen molar-refractivity contribution in [2.24, 2.45) is 0 Å². The predicted octanol–water partition coefficient (Wildman–Crippen LogP) is 3.33. The molecular formula is C18H16N2O3. The van der Waals surface area contributed by atoms with Crippen LogP contribution in [0.5, 0.6) is 0 Å². The molecule has 3 rings (SSSR count). The summed E-state index contributed by atoms with van der Waals surface area (Å²) in [5, 5.41) is 3.66. The van der Waals surface area contributed by atoms with Crippen molar-refractivity contribution in [1.82, 2.24) is 10.1 Å². The van der Waals surface area contributed by atoms with Crippen molar-refractivity contribution in [3.8, 4) is 0 Å². The molecule has 0 spiro atoms. The molecule has 5 heteroatoms. The first kappa shape index (κ1) is 15.0. The molecule has 116 valence electrons. The molecule has 3 aromatic rings. The first-order chi connectivity index (χ1) is 11.2. The van der Waals surface area contributed by atoms with E-state index in [-0.39, 0.29) is 12.5 Å². The van der Waals surface area contributed by atoms with Crippen LogP contribution in [0.2, 0.25) is 0 Å². The quantitative estimate of drug-likeness (QED) is 0.676. The van der Waals surface area contributed by atoms with Crippen LogP contribution in [0.25, 0.3) is 0 Å². The van der Waals surface area contributed by atoms with Crippen LogP contribution in [0, 0.1) is 6.92 Å². The third-order valence-electron chi connectivity index (χ3n) is 3.37. The van der Waals surface area contributed by atoms with Crippen LogP contribution in [0.4, 0.5) is 0 Å². The molecule has 0 radical (unpaired) electrons. The average molecular weight is 308 g/mol. The minimum Gasteiger partial charge on any atom is -0.452 e. The molecule has 0 aliphatic carbocycles. The van der Waals surface area contributed by atoms with Crippen LogP contribution in [-0.2, 0) is 17.8 Å². The van der Waals surface area contributed by atoms with Gasteiger partial charge in [-0.15, -0.1) is 0 Å². The zero-order chi connectivity index (χ0) is 16.1. The second-order valence-corrected chi connectivity index (χ2v) is 5.13. The van der Waals surface area contributed by atoms with Crippen LogP contribution in [0.15, 0.2) is 59.1 Å². The first-order valence-electron chi connectivity index (χ1n) is 7.30.